The van der Waals surface area contributed by atoms with Crippen LogP contribution in [-0.4, -0.2) is 17.6 Å². The Hall–Kier alpha value is -2.28. The zero-order chi connectivity index (χ0) is 17.0. The molecule has 0 saturated heterocycles. The molecular formula is C15H12ClF3N2O2. The lowest BCUT2D eigenvalue weighted by atomic mass is 10.2. The maximum Gasteiger partial charge on any atom is 0.417 e. The van der Waals surface area contributed by atoms with E-state index in [9.17, 15) is 18.0 Å². The van der Waals surface area contributed by atoms with Crippen molar-refractivity contribution in [3.63, 3.8) is 0 Å². The summed E-state index contributed by atoms with van der Waals surface area (Å²) < 4.78 is 42.5. The molecule has 2 rings (SSSR count). The van der Waals surface area contributed by atoms with Crippen LogP contribution in [0, 0.1) is 0 Å². The lowest BCUT2D eigenvalue weighted by Gasteiger charge is -2.11. The van der Waals surface area contributed by atoms with Gasteiger partial charge in [-0.2, -0.15) is 13.2 Å². The highest BCUT2D eigenvalue weighted by Crippen LogP contribution is 2.33. The predicted molar refractivity (Wildman–Crippen MR) is 79.9 cm³/mol. The topological polar surface area (TPSA) is 51.2 Å². The minimum Gasteiger partial charge on any atom is -0.462 e. The molecule has 1 N–H and O–H groups in total. The maximum absolute atomic E-state index is 12.5. The summed E-state index contributed by atoms with van der Waals surface area (Å²) >= 11 is 5.81. The number of anilines is 2. The van der Waals surface area contributed by atoms with Crippen molar-refractivity contribution in [2.24, 2.45) is 0 Å². The van der Waals surface area contributed by atoms with Gasteiger partial charge in [-0.1, -0.05) is 11.6 Å². The monoisotopic (exact) mass is 344 g/mol. The number of hydrogen-bond acceptors (Lipinski definition) is 4. The average molecular weight is 345 g/mol. The molecule has 0 fully saturated rings. The lowest BCUT2D eigenvalue weighted by molar-refractivity contribution is -0.137. The number of aromatic nitrogens is 1. The molecule has 23 heavy (non-hydrogen) atoms. The number of nitrogens with one attached hydrogen (secondary N) is 1. The van der Waals surface area contributed by atoms with Gasteiger partial charge in [-0.3, -0.25) is 0 Å². The first-order valence-corrected chi connectivity index (χ1v) is 6.96. The number of carbonyl (C=O) groups excluding carboxylic acids is 1. The minimum absolute atomic E-state index is 0.0866. The molecule has 0 aliphatic rings. The molecule has 0 amide bonds. The van der Waals surface area contributed by atoms with Gasteiger partial charge in [0, 0.05) is 11.9 Å². The number of pyridine rings is 1. The molecule has 0 atom stereocenters. The van der Waals surface area contributed by atoms with Crippen molar-refractivity contribution in [1.82, 2.24) is 4.98 Å². The molecule has 4 nitrogen and oxygen atoms in total. The van der Waals surface area contributed by atoms with E-state index in [1.54, 1.807) is 19.1 Å². The number of halogens is 4. The van der Waals surface area contributed by atoms with Crippen LogP contribution in [0.3, 0.4) is 0 Å². The van der Waals surface area contributed by atoms with Crippen molar-refractivity contribution in [1.29, 1.82) is 0 Å². The Labute approximate surface area is 135 Å². The zero-order valence-electron chi connectivity index (χ0n) is 11.9. The number of benzene rings is 1. The van der Waals surface area contributed by atoms with Gasteiger partial charge in [-0.05, 0) is 37.3 Å². The van der Waals surface area contributed by atoms with Crippen LogP contribution in [0.2, 0.25) is 5.02 Å². The number of ether oxygens (including phenoxy) is 1. The normalized spacial score (nSPS) is 11.2. The molecule has 0 aliphatic carbocycles. The molecule has 122 valence electrons. The summed E-state index contributed by atoms with van der Waals surface area (Å²) in [6.07, 6.45) is -3.81. The molecule has 1 aromatic carbocycles. The van der Waals surface area contributed by atoms with Crippen LogP contribution < -0.4 is 5.32 Å². The van der Waals surface area contributed by atoms with Gasteiger partial charge in [-0.25, -0.2) is 9.78 Å². The minimum atomic E-state index is -4.50. The first-order valence-electron chi connectivity index (χ1n) is 6.58. The molecule has 0 bridgehead atoms. The number of nitrogens with zero attached hydrogens (tertiary/aromatic N) is 1. The fourth-order valence-electron chi connectivity index (χ4n) is 1.73. The Balaban J connectivity index is 2.15. The van der Waals surface area contributed by atoms with Crippen molar-refractivity contribution >= 4 is 29.1 Å². The van der Waals surface area contributed by atoms with Gasteiger partial charge in [0.05, 0.1) is 22.8 Å². The SMILES string of the molecule is CCOC(=O)c1ccc(Nc2ncc(C(F)(F)F)cc2Cl)cc1. The molecule has 0 spiro atoms. The van der Waals surface area contributed by atoms with Crippen LogP contribution in [0.25, 0.3) is 0 Å². The van der Waals surface area contributed by atoms with Gasteiger partial charge in [-0.15, -0.1) is 0 Å². The fraction of sp³-hybridized carbons (Fsp3) is 0.200. The smallest absolute Gasteiger partial charge is 0.417 e. The molecule has 1 aromatic heterocycles. The molecule has 2 aromatic rings. The number of carbonyl (C=O) groups is 1. The zero-order valence-corrected chi connectivity index (χ0v) is 12.7. The van der Waals surface area contributed by atoms with Crippen molar-refractivity contribution in [3.8, 4) is 0 Å². The molecule has 0 aliphatic heterocycles. The molecule has 8 heteroatoms. The Morgan fingerprint density at radius 2 is 1.96 bits per heavy atom. The van der Waals surface area contributed by atoms with E-state index in [-0.39, 0.29) is 17.4 Å². The molecule has 0 saturated carbocycles. The van der Waals surface area contributed by atoms with Crippen LogP contribution in [0.5, 0.6) is 0 Å². The van der Waals surface area contributed by atoms with E-state index in [0.717, 1.165) is 6.07 Å². The second-order valence-electron chi connectivity index (χ2n) is 4.48. The summed E-state index contributed by atoms with van der Waals surface area (Å²) in [6, 6.07) is 6.99. The van der Waals surface area contributed by atoms with Crippen LogP contribution in [0.15, 0.2) is 36.5 Å². The third kappa shape index (κ3) is 4.35. The third-order valence-corrected chi connectivity index (χ3v) is 3.12. The fourth-order valence-corrected chi connectivity index (χ4v) is 1.94. The van der Waals surface area contributed by atoms with Crippen molar-refractivity contribution in [2.45, 2.75) is 13.1 Å². The summed E-state index contributed by atoms with van der Waals surface area (Å²) in [4.78, 5) is 15.2. The van der Waals surface area contributed by atoms with Crippen LogP contribution >= 0.6 is 11.6 Å². The Morgan fingerprint density at radius 1 is 1.30 bits per heavy atom. The van der Waals surface area contributed by atoms with E-state index in [1.807, 2.05) is 0 Å². The number of hydrogen-bond donors (Lipinski definition) is 1. The van der Waals surface area contributed by atoms with E-state index in [0.29, 0.717) is 17.4 Å². The van der Waals surface area contributed by atoms with E-state index in [4.69, 9.17) is 16.3 Å². The highest BCUT2D eigenvalue weighted by Gasteiger charge is 2.31. The summed E-state index contributed by atoms with van der Waals surface area (Å²) in [5.41, 5.74) is -0.0400. The Kier molecular flexibility index (Phi) is 5.10. The summed E-state index contributed by atoms with van der Waals surface area (Å²) in [7, 11) is 0. The van der Waals surface area contributed by atoms with Crippen molar-refractivity contribution < 1.29 is 22.7 Å². The van der Waals surface area contributed by atoms with Crippen LogP contribution in [0.1, 0.15) is 22.8 Å². The summed E-state index contributed by atoms with van der Waals surface area (Å²) in [6.45, 7) is 1.97. The summed E-state index contributed by atoms with van der Waals surface area (Å²) in [5, 5.41) is 2.63. The van der Waals surface area contributed by atoms with Crippen molar-refractivity contribution in [3.05, 3.63) is 52.7 Å². The molecule has 0 unspecified atom stereocenters. The molecular weight excluding hydrogens is 333 g/mol. The van der Waals surface area contributed by atoms with Gasteiger partial charge in [0.2, 0.25) is 0 Å². The molecule has 0 radical (unpaired) electrons. The highest BCUT2D eigenvalue weighted by molar-refractivity contribution is 6.33. The first kappa shape index (κ1) is 17.1. The Morgan fingerprint density at radius 3 is 2.48 bits per heavy atom. The number of alkyl halides is 3. The van der Waals surface area contributed by atoms with Gasteiger partial charge in [0.1, 0.15) is 5.82 Å². The predicted octanol–water partition coefficient (Wildman–Crippen LogP) is 4.67. The van der Waals surface area contributed by atoms with E-state index in [2.05, 4.69) is 10.3 Å². The Bertz CT molecular complexity index is 703. The molecule has 1 heterocycles. The van der Waals surface area contributed by atoms with Crippen LogP contribution in [-0.2, 0) is 10.9 Å². The van der Waals surface area contributed by atoms with E-state index < -0.39 is 17.7 Å². The van der Waals surface area contributed by atoms with Gasteiger partial charge >= 0.3 is 12.1 Å². The standard InChI is InChI=1S/C15H12ClF3N2O2/c1-2-23-14(22)9-3-5-11(6-4-9)21-13-12(16)7-10(8-20-13)15(17,18)19/h3-8H,2H2,1H3,(H,20,21). The average Bonchev–Trinajstić information content (AvgIpc) is 2.49. The second-order valence-corrected chi connectivity index (χ2v) is 4.88. The maximum atomic E-state index is 12.5. The van der Waals surface area contributed by atoms with E-state index in [1.165, 1.54) is 12.1 Å². The lowest BCUT2D eigenvalue weighted by Crippen LogP contribution is -2.07. The quantitative estimate of drug-likeness (QED) is 0.819. The van der Waals surface area contributed by atoms with Gasteiger partial charge < -0.3 is 10.1 Å². The van der Waals surface area contributed by atoms with Gasteiger partial charge in [0.15, 0.2) is 0 Å². The highest BCUT2D eigenvalue weighted by atomic mass is 35.5. The van der Waals surface area contributed by atoms with Crippen molar-refractivity contribution in [2.75, 3.05) is 11.9 Å². The van der Waals surface area contributed by atoms with Crippen LogP contribution in [0.4, 0.5) is 24.7 Å². The number of rotatable bonds is 4. The number of esters is 1. The first-order chi connectivity index (χ1) is 10.8. The summed E-state index contributed by atoms with van der Waals surface area (Å²) in [5.74, 6) is -0.367. The van der Waals surface area contributed by atoms with E-state index >= 15 is 0 Å². The largest absolute Gasteiger partial charge is 0.462 e. The third-order valence-electron chi connectivity index (χ3n) is 2.83. The van der Waals surface area contributed by atoms with Gasteiger partial charge in [0.25, 0.3) is 0 Å². The second kappa shape index (κ2) is 6.87.